The van der Waals surface area contributed by atoms with E-state index in [-0.39, 0.29) is 17.8 Å². The highest BCUT2D eigenvalue weighted by atomic mass is 79.9. The quantitative estimate of drug-likeness (QED) is 0.850. The molecule has 0 aliphatic rings. The van der Waals surface area contributed by atoms with Crippen molar-refractivity contribution in [1.29, 1.82) is 0 Å². The lowest BCUT2D eigenvalue weighted by Crippen LogP contribution is -2.38. The smallest absolute Gasteiger partial charge is 0.236 e. The maximum atomic E-state index is 12.7. The maximum Gasteiger partial charge on any atom is 0.236 e. The van der Waals surface area contributed by atoms with Crippen molar-refractivity contribution in [3.05, 3.63) is 35.6 Å². The Hall–Kier alpha value is -0.900. The molecule has 1 N–H and O–H groups in total. The summed E-state index contributed by atoms with van der Waals surface area (Å²) >= 11 is 3.28. The molecule has 16 heavy (non-hydrogen) atoms. The molecule has 0 heterocycles. The van der Waals surface area contributed by atoms with E-state index in [1.165, 1.54) is 12.1 Å². The molecule has 2 nitrogen and oxygen atoms in total. The van der Waals surface area contributed by atoms with Gasteiger partial charge in [-0.2, -0.15) is 0 Å². The highest BCUT2D eigenvalue weighted by Gasteiger charge is 2.24. The van der Waals surface area contributed by atoms with Gasteiger partial charge >= 0.3 is 0 Å². The third-order valence-electron chi connectivity index (χ3n) is 2.26. The standard InChI is InChI=1S/C12H15BrFNO/c1-8(15-11(16)12(2,3)13)9-4-6-10(14)7-5-9/h4-8H,1-3H3,(H,15,16)/t8-/m1/s1. The van der Waals surface area contributed by atoms with Crippen LogP contribution in [0.3, 0.4) is 0 Å². The summed E-state index contributed by atoms with van der Waals surface area (Å²) < 4.78 is 12.1. The fourth-order valence-electron chi connectivity index (χ4n) is 1.20. The Balaban J connectivity index is 2.69. The summed E-state index contributed by atoms with van der Waals surface area (Å²) in [5.74, 6) is -0.368. The second-order valence-corrected chi connectivity index (χ2v) is 6.20. The first-order valence-corrected chi connectivity index (χ1v) is 5.85. The monoisotopic (exact) mass is 287 g/mol. The molecule has 0 aromatic heterocycles. The van der Waals surface area contributed by atoms with Crippen LogP contribution in [0.5, 0.6) is 0 Å². The van der Waals surface area contributed by atoms with Gasteiger partial charge in [-0.1, -0.05) is 28.1 Å². The Morgan fingerprint density at radius 3 is 2.31 bits per heavy atom. The van der Waals surface area contributed by atoms with Crippen LogP contribution in [0.1, 0.15) is 32.4 Å². The first-order chi connectivity index (χ1) is 7.30. The first-order valence-electron chi connectivity index (χ1n) is 5.06. The summed E-state index contributed by atoms with van der Waals surface area (Å²) in [5.41, 5.74) is 0.881. The Bertz CT molecular complexity index is 370. The summed E-state index contributed by atoms with van der Waals surface area (Å²) in [6.07, 6.45) is 0. The topological polar surface area (TPSA) is 29.1 Å². The summed E-state index contributed by atoms with van der Waals surface area (Å²) in [7, 11) is 0. The third-order valence-corrected chi connectivity index (χ3v) is 2.62. The van der Waals surface area contributed by atoms with E-state index in [2.05, 4.69) is 21.2 Å². The Morgan fingerprint density at radius 1 is 1.38 bits per heavy atom. The third kappa shape index (κ3) is 3.59. The molecule has 0 aliphatic carbocycles. The highest BCUT2D eigenvalue weighted by Crippen LogP contribution is 2.19. The number of alkyl halides is 1. The predicted octanol–water partition coefficient (Wildman–Crippen LogP) is 3.18. The fraction of sp³-hybridized carbons (Fsp3) is 0.417. The fourth-order valence-corrected chi connectivity index (χ4v) is 1.32. The summed E-state index contributed by atoms with van der Waals surface area (Å²) in [6.45, 7) is 5.42. The van der Waals surface area contributed by atoms with Crippen LogP contribution >= 0.6 is 15.9 Å². The van der Waals surface area contributed by atoms with Crippen LogP contribution in [0.4, 0.5) is 4.39 Å². The highest BCUT2D eigenvalue weighted by molar-refractivity contribution is 9.10. The number of nitrogens with one attached hydrogen (secondary N) is 1. The zero-order valence-corrected chi connectivity index (χ0v) is 11.1. The molecule has 0 unspecified atom stereocenters. The van der Waals surface area contributed by atoms with Crippen LogP contribution in [0.25, 0.3) is 0 Å². The molecular weight excluding hydrogens is 273 g/mol. The van der Waals surface area contributed by atoms with E-state index in [1.807, 2.05) is 6.92 Å². The van der Waals surface area contributed by atoms with Gasteiger partial charge in [0.05, 0.1) is 10.4 Å². The molecule has 0 radical (unpaired) electrons. The van der Waals surface area contributed by atoms with Gasteiger partial charge in [-0.15, -0.1) is 0 Å². The number of hydrogen-bond acceptors (Lipinski definition) is 1. The van der Waals surface area contributed by atoms with Crippen molar-refractivity contribution in [3.63, 3.8) is 0 Å². The van der Waals surface area contributed by atoms with Crippen LogP contribution in [0, 0.1) is 5.82 Å². The average Bonchev–Trinajstić information content (AvgIpc) is 2.17. The zero-order valence-electron chi connectivity index (χ0n) is 9.55. The minimum absolute atomic E-state index is 0.0932. The number of carbonyl (C=O) groups is 1. The molecule has 1 aromatic rings. The van der Waals surface area contributed by atoms with E-state index in [0.29, 0.717) is 0 Å². The molecule has 1 aromatic carbocycles. The molecule has 1 atom stereocenters. The number of hydrogen-bond donors (Lipinski definition) is 1. The van der Waals surface area contributed by atoms with E-state index < -0.39 is 4.32 Å². The van der Waals surface area contributed by atoms with E-state index >= 15 is 0 Å². The number of rotatable bonds is 3. The van der Waals surface area contributed by atoms with Crippen LogP contribution in [0.15, 0.2) is 24.3 Å². The molecular formula is C12H15BrFNO. The molecule has 1 amide bonds. The SMILES string of the molecule is C[C@@H](NC(=O)C(C)(C)Br)c1ccc(F)cc1. The lowest BCUT2D eigenvalue weighted by Gasteiger charge is -2.20. The molecule has 0 bridgehead atoms. The Morgan fingerprint density at radius 2 is 1.88 bits per heavy atom. The van der Waals surface area contributed by atoms with Gasteiger partial charge in [0, 0.05) is 0 Å². The van der Waals surface area contributed by atoms with Gasteiger partial charge in [0.15, 0.2) is 0 Å². The van der Waals surface area contributed by atoms with Crippen LogP contribution in [-0.4, -0.2) is 10.2 Å². The Kier molecular flexibility index (Phi) is 4.08. The summed E-state index contributed by atoms with van der Waals surface area (Å²) in [5, 5.41) is 2.85. The molecule has 88 valence electrons. The van der Waals surface area contributed by atoms with Gasteiger partial charge in [-0.25, -0.2) is 4.39 Å². The normalized spacial score (nSPS) is 13.3. The number of amides is 1. The first kappa shape index (κ1) is 13.2. The molecule has 0 aliphatic heterocycles. The minimum atomic E-state index is -0.596. The van der Waals surface area contributed by atoms with Crippen molar-refractivity contribution in [2.45, 2.75) is 31.1 Å². The number of benzene rings is 1. The zero-order chi connectivity index (χ0) is 12.3. The summed E-state index contributed by atoms with van der Waals surface area (Å²) in [6, 6.07) is 5.97. The van der Waals surface area contributed by atoms with Gasteiger partial charge in [-0.3, -0.25) is 4.79 Å². The predicted molar refractivity (Wildman–Crippen MR) is 66.0 cm³/mol. The second-order valence-electron chi connectivity index (χ2n) is 4.22. The Labute approximate surface area is 103 Å². The van der Waals surface area contributed by atoms with Crippen molar-refractivity contribution in [2.75, 3.05) is 0 Å². The minimum Gasteiger partial charge on any atom is -0.348 e. The van der Waals surface area contributed by atoms with E-state index in [1.54, 1.807) is 26.0 Å². The van der Waals surface area contributed by atoms with E-state index in [0.717, 1.165) is 5.56 Å². The van der Waals surface area contributed by atoms with Gasteiger partial charge in [-0.05, 0) is 38.5 Å². The van der Waals surface area contributed by atoms with E-state index in [9.17, 15) is 9.18 Å². The van der Waals surface area contributed by atoms with Gasteiger partial charge < -0.3 is 5.32 Å². The van der Waals surface area contributed by atoms with Gasteiger partial charge in [0.2, 0.25) is 5.91 Å². The molecule has 4 heteroatoms. The average molecular weight is 288 g/mol. The lowest BCUT2D eigenvalue weighted by molar-refractivity contribution is -0.123. The van der Waals surface area contributed by atoms with Crippen molar-refractivity contribution >= 4 is 21.8 Å². The number of halogens is 2. The van der Waals surface area contributed by atoms with Crippen molar-refractivity contribution in [3.8, 4) is 0 Å². The maximum absolute atomic E-state index is 12.7. The molecule has 0 saturated heterocycles. The van der Waals surface area contributed by atoms with E-state index in [4.69, 9.17) is 0 Å². The molecule has 1 rings (SSSR count). The molecule has 0 saturated carbocycles. The lowest BCUT2D eigenvalue weighted by atomic mass is 10.1. The molecule has 0 fully saturated rings. The van der Waals surface area contributed by atoms with Crippen molar-refractivity contribution < 1.29 is 9.18 Å². The summed E-state index contributed by atoms with van der Waals surface area (Å²) in [4.78, 5) is 11.7. The number of carbonyl (C=O) groups excluding carboxylic acids is 1. The van der Waals surface area contributed by atoms with Gasteiger partial charge in [0.25, 0.3) is 0 Å². The molecule has 0 spiro atoms. The van der Waals surface area contributed by atoms with Crippen molar-refractivity contribution in [2.24, 2.45) is 0 Å². The van der Waals surface area contributed by atoms with Crippen LogP contribution in [0.2, 0.25) is 0 Å². The van der Waals surface area contributed by atoms with Crippen LogP contribution in [-0.2, 0) is 4.79 Å². The van der Waals surface area contributed by atoms with Crippen LogP contribution < -0.4 is 5.32 Å². The second kappa shape index (κ2) is 4.95. The van der Waals surface area contributed by atoms with Crippen molar-refractivity contribution in [1.82, 2.24) is 5.32 Å². The van der Waals surface area contributed by atoms with Gasteiger partial charge in [0.1, 0.15) is 5.82 Å². The largest absolute Gasteiger partial charge is 0.348 e.